The van der Waals surface area contributed by atoms with Crippen LogP contribution >= 0.6 is 11.6 Å². The van der Waals surface area contributed by atoms with Gasteiger partial charge in [0.05, 0.1) is 18.7 Å². The Morgan fingerprint density at radius 1 is 1.17 bits per heavy atom. The van der Waals surface area contributed by atoms with E-state index >= 15 is 0 Å². The molecule has 1 N–H and O–H groups in total. The summed E-state index contributed by atoms with van der Waals surface area (Å²) in [7, 11) is 1.65. The minimum atomic E-state index is -0.523. The van der Waals surface area contributed by atoms with Crippen molar-refractivity contribution in [2.24, 2.45) is 0 Å². The normalized spacial score (nSPS) is 15.3. The summed E-state index contributed by atoms with van der Waals surface area (Å²) < 4.78 is 11.1. The van der Waals surface area contributed by atoms with E-state index < -0.39 is 11.2 Å². The number of nitrogens with zero attached hydrogens (tertiary/aromatic N) is 2. The number of likely N-dealkylation sites (tertiary alicyclic amines) is 1. The molecule has 0 spiro atoms. The first-order valence-corrected chi connectivity index (χ1v) is 10.0. The zero-order valence-electron chi connectivity index (χ0n) is 17.6. The average molecular weight is 432 g/mol. The van der Waals surface area contributed by atoms with Crippen LogP contribution in [0.15, 0.2) is 42.6 Å². The molecule has 1 saturated heterocycles. The molecule has 0 saturated carbocycles. The number of pyridine rings is 1. The summed E-state index contributed by atoms with van der Waals surface area (Å²) in [5, 5.41) is 3.17. The van der Waals surface area contributed by atoms with Crippen LogP contribution in [0.3, 0.4) is 0 Å². The number of ether oxygens (including phenoxy) is 2. The molecule has 1 fully saturated rings. The first-order chi connectivity index (χ1) is 14.1. The van der Waals surface area contributed by atoms with Crippen LogP contribution in [0, 0.1) is 0 Å². The molecule has 1 aliphatic rings. The van der Waals surface area contributed by atoms with Crippen molar-refractivity contribution in [3.05, 3.63) is 58.9 Å². The molecule has 1 aromatic heterocycles. The van der Waals surface area contributed by atoms with Gasteiger partial charge < -0.3 is 19.7 Å². The van der Waals surface area contributed by atoms with Crippen molar-refractivity contribution in [3.8, 4) is 0 Å². The number of anilines is 1. The Hall–Kier alpha value is -2.64. The predicted octanol–water partition coefficient (Wildman–Crippen LogP) is 4.17. The van der Waals surface area contributed by atoms with Crippen LogP contribution in [-0.4, -0.2) is 53.3 Å². The zero-order chi connectivity index (χ0) is 21.9. The van der Waals surface area contributed by atoms with E-state index in [1.54, 1.807) is 24.1 Å². The lowest BCUT2D eigenvalue weighted by Crippen LogP contribution is -2.66. The summed E-state index contributed by atoms with van der Waals surface area (Å²) >= 11 is 5.75. The topological polar surface area (TPSA) is 80.8 Å². The third-order valence-corrected chi connectivity index (χ3v) is 4.99. The average Bonchev–Trinajstić information content (AvgIpc) is 2.64. The maximum absolute atomic E-state index is 12.3. The number of carbonyl (C=O) groups excluding carboxylic acids is 2. The predicted molar refractivity (Wildman–Crippen MR) is 115 cm³/mol. The van der Waals surface area contributed by atoms with Gasteiger partial charge in [0.15, 0.2) is 0 Å². The molecule has 2 amide bonds. The van der Waals surface area contributed by atoms with E-state index in [0.29, 0.717) is 35.9 Å². The lowest BCUT2D eigenvalue weighted by atomic mass is 9.87. The van der Waals surface area contributed by atoms with Crippen molar-refractivity contribution in [2.45, 2.75) is 38.4 Å². The molecule has 8 heteroatoms. The molecular weight excluding hydrogens is 406 g/mol. The SMILES string of the molecule is COC1(Cc2ccc(NC(=O)c3ccc(Cl)nc3)cc2)CN(C(=O)OC(C)(C)C)C1. The number of benzene rings is 1. The minimum Gasteiger partial charge on any atom is -0.444 e. The number of methoxy groups -OCH3 is 1. The number of carbonyl (C=O) groups is 2. The maximum atomic E-state index is 12.3. The highest BCUT2D eigenvalue weighted by Gasteiger charge is 2.46. The molecule has 0 radical (unpaired) electrons. The lowest BCUT2D eigenvalue weighted by molar-refractivity contribution is -0.120. The molecule has 0 atom stereocenters. The minimum absolute atomic E-state index is 0.257. The van der Waals surface area contributed by atoms with E-state index in [9.17, 15) is 9.59 Å². The van der Waals surface area contributed by atoms with Gasteiger partial charge in [-0.3, -0.25) is 4.79 Å². The molecule has 1 aromatic carbocycles. The number of aromatic nitrogens is 1. The second kappa shape index (κ2) is 8.62. The van der Waals surface area contributed by atoms with E-state index in [4.69, 9.17) is 21.1 Å². The smallest absolute Gasteiger partial charge is 0.410 e. The van der Waals surface area contributed by atoms with Crippen LogP contribution in [0.2, 0.25) is 5.15 Å². The first-order valence-electron chi connectivity index (χ1n) is 9.64. The van der Waals surface area contributed by atoms with Gasteiger partial charge in [-0.25, -0.2) is 9.78 Å². The van der Waals surface area contributed by atoms with Gasteiger partial charge in [0.25, 0.3) is 5.91 Å². The van der Waals surface area contributed by atoms with Crippen LogP contribution in [0.4, 0.5) is 10.5 Å². The monoisotopic (exact) mass is 431 g/mol. The molecule has 3 rings (SSSR count). The van der Waals surface area contributed by atoms with E-state index in [1.807, 2.05) is 45.0 Å². The van der Waals surface area contributed by atoms with E-state index in [0.717, 1.165) is 5.56 Å². The van der Waals surface area contributed by atoms with Crippen LogP contribution in [0.25, 0.3) is 0 Å². The highest BCUT2D eigenvalue weighted by Crippen LogP contribution is 2.30. The number of halogens is 1. The van der Waals surface area contributed by atoms with Crippen LogP contribution in [0.1, 0.15) is 36.7 Å². The Balaban J connectivity index is 1.56. The highest BCUT2D eigenvalue weighted by atomic mass is 35.5. The molecule has 2 aromatic rings. The fourth-order valence-corrected chi connectivity index (χ4v) is 3.32. The third kappa shape index (κ3) is 5.49. The maximum Gasteiger partial charge on any atom is 0.410 e. The summed E-state index contributed by atoms with van der Waals surface area (Å²) in [6.45, 7) is 6.48. The summed E-state index contributed by atoms with van der Waals surface area (Å²) in [5.74, 6) is -0.257. The van der Waals surface area contributed by atoms with Crippen LogP contribution in [-0.2, 0) is 15.9 Å². The van der Waals surface area contributed by atoms with Gasteiger partial charge in [0.2, 0.25) is 0 Å². The fourth-order valence-electron chi connectivity index (χ4n) is 3.21. The second-order valence-corrected chi connectivity index (χ2v) is 8.81. The molecule has 0 aliphatic carbocycles. The van der Waals surface area contributed by atoms with Crippen molar-refractivity contribution in [1.29, 1.82) is 0 Å². The molecular formula is C22H26ClN3O4. The number of amides is 2. The van der Waals surface area contributed by atoms with Crippen LogP contribution < -0.4 is 5.32 Å². The Kier molecular flexibility index (Phi) is 6.33. The largest absolute Gasteiger partial charge is 0.444 e. The Morgan fingerprint density at radius 2 is 1.83 bits per heavy atom. The summed E-state index contributed by atoms with van der Waals surface area (Å²) in [5.41, 5.74) is 1.20. The summed E-state index contributed by atoms with van der Waals surface area (Å²) in [6, 6.07) is 10.7. The number of nitrogens with one attached hydrogen (secondary N) is 1. The van der Waals surface area contributed by atoms with Gasteiger partial charge in [-0.15, -0.1) is 0 Å². The van der Waals surface area contributed by atoms with Gasteiger partial charge in [0.1, 0.15) is 16.4 Å². The molecule has 1 aliphatic heterocycles. The van der Waals surface area contributed by atoms with Gasteiger partial charge in [-0.05, 0) is 50.6 Å². The highest BCUT2D eigenvalue weighted by molar-refractivity contribution is 6.29. The van der Waals surface area contributed by atoms with Gasteiger partial charge in [0, 0.05) is 25.4 Å². The number of rotatable bonds is 5. The standard InChI is InChI=1S/C22H26ClN3O4/c1-21(2,3)30-20(28)26-13-22(14-26,29-4)11-15-5-8-17(9-6-15)25-19(27)16-7-10-18(23)24-12-16/h5-10,12H,11,13-14H2,1-4H3,(H,25,27). The quantitative estimate of drug-likeness (QED) is 0.719. The number of hydrogen-bond donors (Lipinski definition) is 1. The van der Waals surface area contributed by atoms with Crippen molar-refractivity contribution in [3.63, 3.8) is 0 Å². The molecule has 7 nitrogen and oxygen atoms in total. The van der Waals surface area contributed by atoms with E-state index in [1.165, 1.54) is 6.20 Å². The second-order valence-electron chi connectivity index (χ2n) is 8.42. The molecule has 160 valence electrons. The summed E-state index contributed by atoms with van der Waals surface area (Å²) in [4.78, 5) is 30.0. The van der Waals surface area contributed by atoms with Crippen molar-refractivity contribution in [2.75, 3.05) is 25.5 Å². The van der Waals surface area contributed by atoms with Gasteiger partial charge >= 0.3 is 6.09 Å². The van der Waals surface area contributed by atoms with Crippen molar-refractivity contribution >= 4 is 29.3 Å². The van der Waals surface area contributed by atoms with Crippen molar-refractivity contribution < 1.29 is 19.1 Å². The number of hydrogen-bond acceptors (Lipinski definition) is 5. The van der Waals surface area contributed by atoms with E-state index in [-0.39, 0.29) is 12.0 Å². The van der Waals surface area contributed by atoms with Crippen LogP contribution in [0.5, 0.6) is 0 Å². The molecule has 0 bridgehead atoms. The lowest BCUT2D eigenvalue weighted by Gasteiger charge is -2.49. The molecule has 30 heavy (non-hydrogen) atoms. The Bertz CT molecular complexity index is 901. The van der Waals surface area contributed by atoms with Crippen molar-refractivity contribution in [1.82, 2.24) is 9.88 Å². The Labute approximate surface area is 181 Å². The molecule has 2 heterocycles. The van der Waals surface area contributed by atoms with Gasteiger partial charge in [-0.1, -0.05) is 23.7 Å². The zero-order valence-corrected chi connectivity index (χ0v) is 18.3. The fraction of sp³-hybridized carbons (Fsp3) is 0.409. The Morgan fingerprint density at radius 3 is 2.37 bits per heavy atom. The third-order valence-electron chi connectivity index (χ3n) is 4.77. The molecule has 0 unspecified atom stereocenters. The summed E-state index contributed by atoms with van der Waals surface area (Å²) in [6.07, 6.45) is 1.75. The van der Waals surface area contributed by atoms with E-state index in [2.05, 4.69) is 10.3 Å². The van der Waals surface area contributed by atoms with Gasteiger partial charge in [-0.2, -0.15) is 0 Å². The first kappa shape index (κ1) is 22.1.